The highest BCUT2D eigenvalue weighted by atomic mass is 16.5. The van der Waals surface area contributed by atoms with Crippen molar-refractivity contribution >= 4 is 11.6 Å². The molecule has 0 unspecified atom stereocenters. The van der Waals surface area contributed by atoms with Crippen molar-refractivity contribution in [2.75, 3.05) is 25.1 Å². The number of anilines is 1. The van der Waals surface area contributed by atoms with Gasteiger partial charge in [-0.2, -0.15) is 4.52 Å². The van der Waals surface area contributed by atoms with E-state index in [1.54, 1.807) is 17.7 Å². The molecule has 4 heterocycles. The van der Waals surface area contributed by atoms with Crippen LogP contribution in [0.25, 0.3) is 5.65 Å². The second-order valence-corrected chi connectivity index (χ2v) is 5.96. The molecule has 0 aliphatic carbocycles. The Morgan fingerprint density at radius 1 is 1.12 bits per heavy atom. The molecule has 0 bridgehead atoms. The van der Waals surface area contributed by atoms with E-state index >= 15 is 0 Å². The molecule has 3 aromatic heterocycles. The fourth-order valence-electron chi connectivity index (χ4n) is 3.08. The van der Waals surface area contributed by atoms with Gasteiger partial charge in [0.2, 0.25) is 11.8 Å². The fraction of sp³-hybridized carbons (Fsp3) is 0.438. The first kappa shape index (κ1) is 14.8. The number of methoxy groups -OCH3 is 1. The van der Waals surface area contributed by atoms with Gasteiger partial charge in [-0.3, -0.25) is 0 Å². The van der Waals surface area contributed by atoms with Crippen LogP contribution >= 0.6 is 0 Å². The van der Waals surface area contributed by atoms with Gasteiger partial charge in [0.05, 0.1) is 7.11 Å². The zero-order valence-corrected chi connectivity index (χ0v) is 13.8. The maximum absolute atomic E-state index is 5.21. The molecule has 3 aromatic rings. The third-order valence-electron chi connectivity index (χ3n) is 4.40. The number of rotatable bonds is 3. The summed E-state index contributed by atoms with van der Waals surface area (Å²) in [5, 5.41) is 13.0. The number of aromatic nitrogens is 6. The van der Waals surface area contributed by atoms with Crippen molar-refractivity contribution in [1.82, 2.24) is 29.8 Å². The van der Waals surface area contributed by atoms with E-state index in [9.17, 15) is 0 Å². The van der Waals surface area contributed by atoms with Gasteiger partial charge in [-0.25, -0.2) is 9.97 Å². The fourth-order valence-corrected chi connectivity index (χ4v) is 3.08. The molecule has 0 amide bonds. The Labute approximate surface area is 139 Å². The molecule has 0 saturated carbocycles. The van der Waals surface area contributed by atoms with E-state index in [-0.39, 0.29) is 0 Å². The number of aryl methyl sites for hydroxylation is 1. The number of nitrogens with zero attached hydrogens (tertiary/aromatic N) is 7. The van der Waals surface area contributed by atoms with Crippen LogP contribution in [0.2, 0.25) is 0 Å². The molecule has 1 aliphatic heterocycles. The standard InChI is InChI=1S/C16H19N7O/c1-11-5-8-17-16(18-11)22-9-6-12(7-10-22)15-20-19-13-3-4-14(24-2)21-23(13)15/h3-5,8,12H,6-7,9-10H2,1-2H3. The van der Waals surface area contributed by atoms with E-state index in [4.69, 9.17) is 4.74 Å². The Balaban J connectivity index is 1.53. The Hall–Kier alpha value is -2.77. The minimum atomic E-state index is 0.320. The molecular weight excluding hydrogens is 306 g/mol. The average molecular weight is 325 g/mol. The molecule has 0 aromatic carbocycles. The van der Waals surface area contributed by atoms with Crippen molar-refractivity contribution in [2.45, 2.75) is 25.7 Å². The minimum Gasteiger partial charge on any atom is -0.480 e. The zero-order valence-electron chi connectivity index (χ0n) is 13.8. The number of hydrogen-bond donors (Lipinski definition) is 0. The molecule has 124 valence electrons. The van der Waals surface area contributed by atoms with Crippen LogP contribution in [-0.2, 0) is 0 Å². The third kappa shape index (κ3) is 2.64. The van der Waals surface area contributed by atoms with Gasteiger partial charge in [-0.1, -0.05) is 0 Å². The summed E-state index contributed by atoms with van der Waals surface area (Å²) in [5.74, 6) is 2.59. The highest BCUT2D eigenvalue weighted by Crippen LogP contribution is 2.28. The first-order valence-corrected chi connectivity index (χ1v) is 8.05. The predicted molar refractivity (Wildman–Crippen MR) is 88.3 cm³/mol. The summed E-state index contributed by atoms with van der Waals surface area (Å²) in [5.41, 5.74) is 1.73. The van der Waals surface area contributed by atoms with Gasteiger partial charge >= 0.3 is 0 Å². The van der Waals surface area contributed by atoms with Crippen LogP contribution in [0.4, 0.5) is 5.95 Å². The Bertz CT molecular complexity index is 855. The van der Waals surface area contributed by atoms with Gasteiger partial charge in [-0.15, -0.1) is 15.3 Å². The molecular formula is C16H19N7O. The van der Waals surface area contributed by atoms with Gasteiger partial charge in [0, 0.05) is 37.0 Å². The summed E-state index contributed by atoms with van der Waals surface area (Å²) >= 11 is 0. The van der Waals surface area contributed by atoms with Gasteiger partial charge in [0.15, 0.2) is 11.5 Å². The first-order chi connectivity index (χ1) is 11.7. The van der Waals surface area contributed by atoms with Crippen molar-refractivity contribution in [3.63, 3.8) is 0 Å². The molecule has 0 spiro atoms. The largest absolute Gasteiger partial charge is 0.480 e. The highest BCUT2D eigenvalue weighted by molar-refractivity contribution is 5.38. The van der Waals surface area contributed by atoms with Gasteiger partial charge in [0.1, 0.15) is 0 Å². The van der Waals surface area contributed by atoms with Crippen LogP contribution in [0.15, 0.2) is 24.4 Å². The van der Waals surface area contributed by atoms with Crippen molar-refractivity contribution in [1.29, 1.82) is 0 Å². The summed E-state index contributed by atoms with van der Waals surface area (Å²) in [6, 6.07) is 5.58. The minimum absolute atomic E-state index is 0.320. The number of hydrogen-bond acceptors (Lipinski definition) is 7. The zero-order chi connectivity index (χ0) is 16.5. The molecule has 0 N–H and O–H groups in total. The highest BCUT2D eigenvalue weighted by Gasteiger charge is 2.26. The summed E-state index contributed by atoms with van der Waals surface area (Å²) in [6.07, 6.45) is 3.75. The Kier molecular flexibility index (Phi) is 3.72. The van der Waals surface area contributed by atoms with Crippen molar-refractivity contribution in [2.24, 2.45) is 0 Å². The third-order valence-corrected chi connectivity index (χ3v) is 4.40. The Morgan fingerprint density at radius 2 is 1.96 bits per heavy atom. The monoisotopic (exact) mass is 325 g/mol. The molecule has 4 rings (SSSR count). The summed E-state index contributed by atoms with van der Waals surface area (Å²) in [7, 11) is 1.61. The SMILES string of the molecule is COc1ccc2nnc(C3CCN(c4nccc(C)n4)CC3)n2n1. The van der Waals surface area contributed by atoms with Gasteiger partial charge < -0.3 is 9.64 Å². The molecule has 1 fully saturated rings. The van der Waals surface area contributed by atoms with Crippen LogP contribution in [0.5, 0.6) is 5.88 Å². The lowest BCUT2D eigenvalue weighted by atomic mass is 9.96. The second kappa shape index (κ2) is 6.03. The quantitative estimate of drug-likeness (QED) is 0.723. The molecule has 0 radical (unpaired) electrons. The van der Waals surface area contributed by atoms with Crippen LogP contribution in [-0.4, -0.2) is 50.0 Å². The van der Waals surface area contributed by atoms with Crippen molar-refractivity contribution in [3.05, 3.63) is 35.9 Å². The van der Waals surface area contributed by atoms with E-state index in [2.05, 4.69) is 30.2 Å². The van der Waals surface area contributed by atoms with E-state index in [1.165, 1.54) is 0 Å². The maximum atomic E-state index is 5.21. The molecule has 1 aliphatic rings. The van der Waals surface area contributed by atoms with E-state index in [0.29, 0.717) is 11.8 Å². The van der Waals surface area contributed by atoms with Crippen LogP contribution in [0.3, 0.4) is 0 Å². The van der Waals surface area contributed by atoms with Crippen molar-refractivity contribution in [3.8, 4) is 5.88 Å². The number of fused-ring (bicyclic) bond motifs is 1. The average Bonchev–Trinajstić information content (AvgIpc) is 3.05. The molecule has 0 atom stereocenters. The lowest BCUT2D eigenvalue weighted by Crippen LogP contribution is -2.34. The van der Waals surface area contributed by atoms with Gasteiger partial charge in [0.25, 0.3) is 0 Å². The number of ether oxygens (including phenoxy) is 1. The van der Waals surface area contributed by atoms with Crippen molar-refractivity contribution < 1.29 is 4.74 Å². The smallest absolute Gasteiger partial charge is 0.231 e. The summed E-state index contributed by atoms with van der Waals surface area (Å²) in [6.45, 7) is 3.78. The molecule has 24 heavy (non-hydrogen) atoms. The summed E-state index contributed by atoms with van der Waals surface area (Å²) < 4.78 is 7.00. The van der Waals surface area contributed by atoms with E-state index in [1.807, 2.05) is 25.3 Å². The predicted octanol–water partition coefficient (Wildman–Crippen LogP) is 1.62. The first-order valence-electron chi connectivity index (χ1n) is 8.05. The van der Waals surface area contributed by atoms with E-state index < -0.39 is 0 Å². The lowest BCUT2D eigenvalue weighted by molar-refractivity contribution is 0.386. The Morgan fingerprint density at radius 3 is 2.71 bits per heavy atom. The maximum Gasteiger partial charge on any atom is 0.231 e. The summed E-state index contributed by atoms with van der Waals surface area (Å²) in [4.78, 5) is 11.1. The van der Waals surface area contributed by atoms with Crippen LogP contribution in [0.1, 0.15) is 30.3 Å². The molecule has 8 heteroatoms. The van der Waals surface area contributed by atoms with Crippen LogP contribution < -0.4 is 9.64 Å². The topological polar surface area (TPSA) is 81.3 Å². The van der Waals surface area contributed by atoms with Crippen LogP contribution in [0, 0.1) is 6.92 Å². The number of piperidine rings is 1. The van der Waals surface area contributed by atoms with E-state index in [0.717, 1.165) is 49.0 Å². The lowest BCUT2D eigenvalue weighted by Gasteiger charge is -2.31. The molecule has 8 nitrogen and oxygen atoms in total. The normalized spacial score (nSPS) is 15.8. The molecule has 1 saturated heterocycles. The van der Waals surface area contributed by atoms with Gasteiger partial charge in [-0.05, 0) is 31.9 Å². The second-order valence-electron chi connectivity index (χ2n) is 5.96.